The van der Waals surface area contributed by atoms with Crippen molar-refractivity contribution in [2.45, 2.75) is 57.6 Å². The highest BCUT2D eigenvalue weighted by atomic mass is 19.3. The second-order valence-electron chi connectivity index (χ2n) is 6.68. The molecule has 0 aromatic carbocycles. The summed E-state index contributed by atoms with van der Waals surface area (Å²) in [5.41, 5.74) is -0.777. The van der Waals surface area contributed by atoms with E-state index in [2.05, 4.69) is 10.1 Å². The number of hydrogen-bond donors (Lipinski definition) is 1. The Balaban J connectivity index is 2.75. The van der Waals surface area contributed by atoms with Gasteiger partial charge in [-0.1, -0.05) is 0 Å². The Kier molecular flexibility index (Phi) is 6.50. The van der Waals surface area contributed by atoms with Crippen molar-refractivity contribution in [3.8, 4) is 0 Å². The molecule has 1 N–H and O–H groups in total. The van der Waals surface area contributed by atoms with E-state index in [9.17, 15) is 23.2 Å². The summed E-state index contributed by atoms with van der Waals surface area (Å²) < 4.78 is 36.2. The molecule has 0 unspecified atom stereocenters. The average molecular weight is 350 g/mol. The normalized spacial score (nSPS) is 18.0. The van der Waals surface area contributed by atoms with Gasteiger partial charge in [0.1, 0.15) is 11.6 Å². The van der Waals surface area contributed by atoms with Crippen LogP contribution < -0.4 is 5.32 Å². The number of carbonyl (C=O) groups excluding carboxylic acids is 3. The van der Waals surface area contributed by atoms with Gasteiger partial charge in [-0.05, 0) is 27.2 Å². The molecule has 0 aliphatic carbocycles. The van der Waals surface area contributed by atoms with Gasteiger partial charge in [-0.15, -0.1) is 0 Å². The fraction of sp³-hybridized carbons (Fsp3) is 0.800. The van der Waals surface area contributed by atoms with Crippen LogP contribution in [0.2, 0.25) is 0 Å². The number of carbonyl (C=O) groups is 3. The number of likely N-dealkylation sites (tertiary alicyclic amines) is 1. The predicted molar refractivity (Wildman–Crippen MR) is 80.6 cm³/mol. The summed E-state index contributed by atoms with van der Waals surface area (Å²) in [7, 11) is 1.20. The molecule has 1 aliphatic rings. The summed E-state index contributed by atoms with van der Waals surface area (Å²) in [4.78, 5) is 36.5. The molecular weight excluding hydrogens is 326 g/mol. The quantitative estimate of drug-likeness (QED) is 0.763. The van der Waals surface area contributed by atoms with Gasteiger partial charge < -0.3 is 19.7 Å². The number of ether oxygens (including phenoxy) is 2. The number of halogens is 2. The first kappa shape index (κ1) is 20.1. The fourth-order valence-corrected chi connectivity index (χ4v) is 2.22. The number of rotatable bonds is 5. The number of methoxy groups -OCH3 is 1. The fourth-order valence-electron chi connectivity index (χ4n) is 2.22. The molecule has 0 saturated carbocycles. The number of esters is 1. The first-order valence-corrected chi connectivity index (χ1v) is 7.66. The molecule has 0 bridgehead atoms. The number of nitrogens with zero attached hydrogens (tertiary/aromatic N) is 1. The van der Waals surface area contributed by atoms with Crippen molar-refractivity contribution < 1.29 is 32.6 Å². The van der Waals surface area contributed by atoms with E-state index in [0.717, 1.165) is 4.90 Å². The van der Waals surface area contributed by atoms with Crippen LogP contribution in [0.1, 0.15) is 40.0 Å². The molecular formula is C15H24F2N2O5. The van der Waals surface area contributed by atoms with E-state index in [-0.39, 0.29) is 19.4 Å². The van der Waals surface area contributed by atoms with Crippen molar-refractivity contribution in [3.05, 3.63) is 0 Å². The van der Waals surface area contributed by atoms with Gasteiger partial charge in [-0.25, -0.2) is 13.6 Å². The maximum atomic E-state index is 13.3. The van der Waals surface area contributed by atoms with E-state index < -0.39 is 48.5 Å². The molecule has 1 fully saturated rings. The van der Waals surface area contributed by atoms with Crippen molar-refractivity contribution in [1.82, 2.24) is 10.2 Å². The second-order valence-corrected chi connectivity index (χ2v) is 6.68. The SMILES string of the molecule is COC(=O)CC[C@H](NC(=O)OC(C)(C)C)C(=O)N1CCC(F)(F)C1. The molecule has 2 amide bonds. The van der Waals surface area contributed by atoms with Crippen molar-refractivity contribution in [2.24, 2.45) is 0 Å². The van der Waals surface area contributed by atoms with E-state index in [1.807, 2.05) is 0 Å². The van der Waals surface area contributed by atoms with Gasteiger partial charge in [0.05, 0.1) is 13.7 Å². The van der Waals surface area contributed by atoms with Gasteiger partial charge in [0.2, 0.25) is 5.91 Å². The zero-order valence-electron chi connectivity index (χ0n) is 14.4. The number of alkyl halides is 2. The molecule has 24 heavy (non-hydrogen) atoms. The highest BCUT2D eigenvalue weighted by Crippen LogP contribution is 2.27. The molecule has 1 aliphatic heterocycles. The Labute approximate surface area is 139 Å². The Morgan fingerprint density at radius 1 is 1.29 bits per heavy atom. The Morgan fingerprint density at radius 3 is 2.38 bits per heavy atom. The summed E-state index contributed by atoms with van der Waals surface area (Å²) in [5, 5.41) is 2.35. The Bertz CT molecular complexity index is 491. The minimum atomic E-state index is -2.94. The van der Waals surface area contributed by atoms with E-state index in [0.29, 0.717) is 0 Å². The number of alkyl carbamates (subject to hydrolysis) is 1. The highest BCUT2D eigenvalue weighted by molar-refractivity contribution is 5.86. The summed E-state index contributed by atoms with van der Waals surface area (Å²) in [6, 6.07) is -1.13. The van der Waals surface area contributed by atoms with Crippen LogP contribution in [0.5, 0.6) is 0 Å². The monoisotopic (exact) mass is 350 g/mol. The third kappa shape index (κ3) is 6.67. The largest absolute Gasteiger partial charge is 0.469 e. The van der Waals surface area contributed by atoms with Gasteiger partial charge in [0.15, 0.2) is 0 Å². The van der Waals surface area contributed by atoms with Crippen LogP contribution in [0.3, 0.4) is 0 Å². The van der Waals surface area contributed by atoms with Crippen LogP contribution in [0.4, 0.5) is 13.6 Å². The van der Waals surface area contributed by atoms with Crippen LogP contribution in [0, 0.1) is 0 Å². The van der Waals surface area contributed by atoms with Crippen LogP contribution in [-0.4, -0.2) is 60.6 Å². The second kappa shape index (κ2) is 7.76. The lowest BCUT2D eigenvalue weighted by Crippen LogP contribution is -2.49. The maximum absolute atomic E-state index is 13.3. The standard InChI is InChI=1S/C15H24F2N2O5/c1-14(2,3)24-13(22)18-10(5-6-11(20)23-4)12(21)19-8-7-15(16,17)9-19/h10H,5-9H2,1-4H3,(H,18,22)/t10-/m0/s1. The predicted octanol–water partition coefficient (Wildman–Crippen LogP) is 1.70. The Hall–Kier alpha value is -1.93. The molecule has 1 rings (SSSR count). The molecule has 1 heterocycles. The molecule has 0 aromatic heterocycles. The van der Waals surface area contributed by atoms with Crippen LogP contribution in [0.25, 0.3) is 0 Å². The maximum Gasteiger partial charge on any atom is 0.408 e. The summed E-state index contributed by atoms with van der Waals surface area (Å²) >= 11 is 0. The lowest BCUT2D eigenvalue weighted by molar-refractivity contribution is -0.141. The smallest absolute Gasteiger partial charge is 0.408 e. The minimum Gasteiger partial charge on any atom is -0.469 e. The third-order valence-corrected chi connectivity index (χ3v) is 3.34. The average Bonchev–Trinajstić information content (AvgIpc) is 2.80. The molecule has 1 saturated heterocycles. The molecule has 0 aromatic rings. The molecule has 9 heteroatoms. The van der Waals surface area contributed by atoms with Gasteiger partial charge in [-0.3, -0.25) is 9.59 Å². The minimum absolute atomic E-state index is 0.0627. The zero-order chi connectivity index (χ0) is 18.5. The first-order valence-electron chi connectivity index (χ1n) is 7.66. The van der Waals surface area contributed by atoms with E-state index in [1.165, 1.54) is 7.11 Å². The Morgan fingerprint density at radius 2 is 1.92 bits per heavy atom. The number of hydrogen-bond acceptors (Lipinski definition) is 5. The lowest BCUT2D eigenvalue weighted by Gasteiger charge is -2.26. The van der Waals surface area contributed by atoms with E-state index >= 15 is 0 Å². The molecule has 7 nitrogen and oxygen atoms in total. The molecule has 0 spiro atoms. The summed E-state index contributed by atoms with van der Waals surface area (Å²) in [6.45, 7) is 4.16. The number of nitrogens with one attached hydrogen (secondary N) is 1. The van der Waals surface area contributed by atoms with Crippen LogP contribution in [0.15, 0.2) is 0 Å². The van der Waals surface area contributed by atoms with Gasteiger partial charge in [0, 0.05) is 19.4 Å². The molecule has 0 radical (unpaired) electrons. The highest BCUT2D eigenvalue weighted by Gasteiger charge is 2.42. The lowest BCUT2D eigenvalue weighted by atomic mass is 10.1. The number of amides is 2. The zero-order valence-corrected chi connectivity index (χ0v) is 14.4. The third-order valence-electron chi connectivity index (χ3n) is 3.34. The van der Waals surface area contributed by atoms with E-state index in [1.54, 1.807) is 20.8 Å². The van der Waals surface area contributed by atoms with Crippen molar-refractivity contribution >= 4 is 18.0 Å². The topological polar surface area (TPSA) is 84.9 Å². The van der Waals surface area contributed by atoms with Crippen LogP contribution in [-0.2, 0) is 19.1 Å². The van der Waals surface area contributed by atoms with Gasteiger partial charge >= 0.3 is 12.1 Å². The summed E-state index contributed by atoms with van der Waals surface area (Å²) in [5.74, 6) is -4.17. The molecule has 1 atom stereocenters. The van der Waals surface area contributed by atoms with E-state index in [4.69, 9.17) is 4.74 Å². The molecule has 138 valence electrons. The van der Waals surface area contributed by atoms with Crippen molar-refractivity contribution in [3.63, 3.8) is 0 Å². The van der Waals surface area contributed by atoms with Crippen molar-refractivity contribution in [2.75, 3.05) is 20.2 Å². The van der Waals surface area contributed by atoms with Crippen molar-refractivity contribution in [1.29, 1.82) is 0 Å². The van der Waals surface area contributed by atoms with Gasteiger partial charge in [-0.2, -0.15) is 0 Å². The summed E-state index contributed by atoms with van der Waals surface area (Å²) in [6.07, 6.45) is -1.47. The first-order chi connectivity index (χ1) is 10.9. The van der Waals surface area contributed by atoms with Gasteiger partial charge in [0.25, 0.3) is 5.92 Å². The van der Waals surface area contributed by atoms with Crippen LogP contribution >= 0.6 is 0 Å².